The summed E-state index contributed by atoms with van der Waals surface area (Å²) in [6, 6.07) is 3.82. The van der Waals surface area contributed by atoms with Crippen molar-refractivity contribution in [2.24, 2.45) is 5.92 Å². The maximum atomic E-state index is 12.6. The van der Waals surface area contributed by atoms with Gasteiger partial charge in [0.05, 0.1) is 6.42 Å². The molecule has 0 bridgehead atoms. The van der Waals surface area contributed by atoms with Crippen molar-refractivity contribution in [2.75, 3.05) is 20.6 Å². The topological polar surface area (TPSA) is 49.8 Å². The Labute approximate surface area is 182 Å². The molecule has 0 aliphatic heterocycles. The lowest BCUT2D eigenvalue weighted by Gasteiger charge is -2.32. The highest BCUT2D eigenvalue weighted by molar-refractivity contribution is 5.74. The van der Waals surface area contributed by atoms with Crippen LogP contribution in [0.1, 0.15) is 76.3 Å². The zero-order chi connectivity index (χ0) is 22.3. The third-order valence-electron chi connectivity index (χ3n) is 5.95. The zero-order valence-electron chi connectivity index (χ0n) is 19.5. The molecule has 1 unspecified atom stereocenters. The Morgan fingerprint density at radius 3 is 2.67 bits per heavy atom. The van der Waals surface area contributed by atoms with Gasteiger partial charge < -0.3 is 14.7 Å². The first-order valence-corrected chi connectivity index (χ1v) is 11.3. The molecule has 2 rings (SSSR count). The molecular formula is C26H39NO3. The van der Waals surface area contributed by atoms with Gasteiger partial charge in [-0.25, -0.2) is 0 Å². The SMILES string of the molecule is C=C(C)C1CCC(C)=C[C@H]1c1c(O)cc(CCCCC)cc1OC(=O)CCN(C)C. The maximum Gasteiger partial charge on any atom is 0.312 e. The molecule has 1 aromatic carbocycles. The van der Waals surface area contributed by atoms with Gasteiger partial charge in [-0.1, -0.05) is 43.6 Å². The highest BCUT2D eigenvalue weighted by Gasteiger charge is 2.31. The van der Waals surface area contributed by atoms with Crippen LogP contribution in [0.3, 0.4) is 0 Å². The van der Waals surface area contributed by atoms with Gasteiger partial charge in [0.2, 0.25) is 0 Å². The Hall–Kier alpha value is -2.07. The van der Waals surface area contributed by atoms with E-state index in [0.29, 0.717) is 18.7 Å². The Morgan fingerprint density at radius 1 is 1.30 bits per heavy atom. The fourth-order valence-electron chi connectivity index (χ4n) is 4.21. The molecule has 2 atom stereocenters. The summed E-state index contributed by atoms with van der Waals surface area (Å²) >= 11 is 0. The van der Waals surface area contributed by atoms with E-state index in [1.165, 1.54) is 5.57 Å². The van der Waals surface area contributed by atoms with Crippen LogP contribution in [0.5, 0.6) is 11.5 Å². The van der Waals surface area contributed by atoms with Crippen molar-refractivity contribution < 1.29 is 14.6 Å². The Morgan fingerprint density at radius 2 is 2.03 bits per heavy atom. The van der Waals surface area contributed by atoms with E-state index in [1.807, 2.05) is 38.1 Å². The van der Waals surface area contributed by atoms with Crippen LogP contribution in [0.2, 0.25) is 0 Å². The molecule has 1 aliphatic rings. The van der Waals surface area contributed by atoms with E-state index < -0.39 is 0 Å². The molecule has 1 N–H and O–H groups in total. The first-order chi connectivity index (χ1) is 14.2. The molecule has 0 amide bonds. The Kier molecular flexibility index (Phi) is 9.16. The Balaban J connectivity index is 2.44. The van der Waals surface area contributed by atoms with Gasteiger partial charge in [0.25, 0.3) is 0 Å². The summed E-state index contributed by atoms with van der Waals surface area (Å²) in [6.07, 6.45) is 8.76. The van der Waals surface area contributed by atoms with Gasteiger partial charge in [0, 0.05) is 18.0 Å². The molecule has 166 valence electrons. The van der Waals surface area contributed by atoms with Crippen LogP contribution >= 0.6 is 0 Å². The van der Waals surface area contributed by atoms with Crippen molar-refractivity contribution in [2.45, 2.75) is 71.6 Å². The molecular weight excluding hydrogens is 374 g/mol. The van der Waals surface area contributed by atoms with Crippen molar-refractivity contribution in [3.8, 4) is 11.5 Å². The number of phenolic OH excluding ortho intramolecular Hbond substituents is 1. The molecule has 0 heterocycles. The Bertz CT molecular complexity index is 779. The first-order valence-electron chi connectivity index (χ1n) is 11.3. The van der Waals surface area contributed by atoms with Gasteiger partial charge in [-0.3, -0.25) is 4.79 Å². The van der Waals surface area contributed by atoms with E-state index in [2.05, 4.69) is 26.5 Å². The minimum absolute atomic E-state index is 0.0300. The fraction of sp³-hybridized carbons (Fsp3) is 0.577. The van der Waals surface area contributed by atoms with Gasteiger partial charge in [0.15, 0.2) is 0 Å². The summed E-state index contributed by atoms with van der Waals surface area (Å²) in [7, 11) is 3.87. The minimum atomic E-state index is -0.265. The second kappa shape index (κ2) is 11.4. The lowest BCUT2D eigenvalue weighted by atomic mass is 9.73. The number of ether oxygens (including phenoxy) is 1. The van der Waals surface area contributed by atoms with Gasteiger partial charge in [-0.2, -0.15) is 0 Å². The van der Waals surface area contributed by atoms with Crippen LogP contribution in [0.25, 0.3) is 0 Å². The van der Waals surface area contributed by atoms with E-state index in [1.54, 1.807) is 0 Å². The molecule has 30 heavy (non-hydrogen) atoms. The second-order valence-electron chi connectivity index (χ2n) is 9.04. The van der Waals surface area contributed by atoms with Crippen LogP contribution in [-0.2, 0) is 11.2 Å². The molecule has 1 aromatic rings. The largest absolute Gasteiger partial charge is 0.507 e. The number of rotatable bonds is 10. The number of allylic oxidation sites excluding steroid dienone is 3. The monoisotopic (exact) mass is 413 g/mol. The van der Waals surface area contributed by atoms with Crippen molar-refractivity contribution in [3.05, 3.63) is 47.1 Å². The van der Waals surface area contributed by atoms with Gasteiger partial charge >= 0.3 is 5.97 Å². The lowest BCUT2D eigenvalue weighted by Crippen LogP contribution is -2.21. The molecule has 4 nitrogen and oxygen atoms in total. The highest BCUT2D eigenvalue weighted by atomic mass is 16.5. The minimum Gasteiger partial charge on any atom is -0.507 e. The van der Waals surface area contributed by atoms with E-state index in [9.17, 15) is 9.90 Å². The molecule has 0 radical (unpaired) electrons. The van der Waals surface area contributed by atoms with E-state index in [4.69, 9.17) is 4.74 Å². The van der Waals surface area contributed by atoms with E-state index in [-0.39, 0.29) is 23.6 Å². The molecule has 0 saturated carbocycles. The highest BCUT2D eigenvalue weighted by Crippen LogP contribution is 2.47. The summed E-state index contributed by atoms with van der Waals surface area (Å²) in [6.45, 7) is 11.2. The number of aromatic hydroxyl groups is 1. The third kappa shape index (κ3) is 6.73. The smallest absolute Gasteiger partial charge is 0.312 e. The lowest BCUT2D eigenvalue weighted by molar-refractivity contribution is -0.134. The number of aryl methyl sites for hydroxylation is 1. The normalized spacial score (nSPS) is 18.9. The number of carbonyl (C=O) groups excluding carboxylic acids is 1. The maximum absolute atomic E-state index is 12.6. The average molecular weight is 414 g/mol. The van der Waals surface area contributed by atoms with Crippen LogP contribution in [0, 0.1) is 5.92 Å². The first kappa shape index (κ1) is 24.2. The molecule has 0 saturated heterocycles. The van der Waals surface area contributed by atoms with Gasteiger partial charge in [0.1, 0.15) is 11.5 Å². The van der Waals surface area contributed by atoms with Gasteiger partial charge in [-0.15, -0.1) is 0 Å². The van der Waals surface area contributed by atoms with Crippen LogP contribution in [-0.4, -0.2) is 36.6 Å². The zero-order valence-corrected chi connectivity index (χ0v) is 19.5. The predicted octanol–water partition coefficient (Wildman–Crippen LogP) is 6.00. The molecule has 0 fully saturated rings. The number of nitrogens with zero attached hydrogens (tertiary/aromatic N) is 1. The second-order valence-corrected chi connectivity index (χ2v) is 9.04. The number of hydrogen-bond acceptors (Lipinski definition) is 4. The summed E-state index contributed by atoms with van der Waals surface area (Å²) in [5.41, 5.74) is 4.14. The number of benzene rings is 1. The molecule has 0 aromatic heterocycles. The quantitative estimate of drug-likeness (QED) is 0.221. The number of carbonyl (C=O) groups is 1. The van der Waals surface area contributed by atoms with E-state index in [0.717, 1.165) is 55.2 Å². The van der Waals surface area contributed by atoms with Crippen LogP contribution < -0.4 is 4.74 Å². The molecule has 4 heteroatoms. The van der Waals surface area contributed by atoms with Crippen molar-refractivity contribution >= 4 is 5.97 Å². The third-order valence-corrected chi connectivity index (χ3v) is 5.95. The average Bonchev–Trinajstić information content (AvgIpc) is 2.66. The predicted molar refractivity (Wildman–Crippen MR) is 124 cm³/mol. The van der Waals surface area contributed by atoms with Crippen molar-refractivity contribution in [1.82, 2.24) is 4.90 Å². The summed E-state index contributed by atoms with van der Waals surface area (Å²) in [4.78, 5) is 14.5. The summed E-state index contributed by atoms with van der Waals surface area (Å²) in [5, 5.41) is 11.0. The van der Waals surface area contributed by atoms with Crippen molar-refractivity contribution in [1.29, 1.82) is 0 Å². The van der Waals surface area contributed by atoms with E-state index >= 15 is 0 Å². The molecule has 1 aliphatic carbocycles. The number of phenols is 1. The van der Waals surface area contributed by atoms with Crippen LogP contribution in [0.15, 0.2) is 35.9 Å². The molecule has 0 spiro atoms. The number of hydrogen-bond donors (Lipinski definition) is 1. The number of esters is 1. The standard InChI is InChI=1S/C26H39NO3/c1-7-8-9-10-20-16-23(28)26(22-15-19(4)11-12-21(22)18(2)3)24(17-20)30-25(29)13-14-27(5)6/h15-17,21-22,28H,2,7-14H2,1,3-6H3/t21?,22-/m1/s1. The van der Waals surface area contributed by atoms with Crippen molar-refractivity contribution in [3.63, 3.8) is 0 Å². The fourth-order valence-corrected chi connectivity index (χ4v) is 4.21. The number of unbranched alkanes of at least 4 members (excludes halogenated alkanes) is 2. The van der Waals surface area contributed by atoms with Crippen LogP contribution in [0.4, 0.5) is 0 Å². The summed E-state index contributed by atoms with van der Waals surface area (Å²) < 4.78 is 5.86. The summed E-state index contributed by atoms with van der Waals surface area (Å²) in [5.74, 6) is 0.662. The van der Waals surface area contributed by atoms with Gasteiger partial charge in [-0.05, 0) is 77.2 Å².